The number of benzene rings is 3. The van der Waals surface area contributed by atoms with Crippen LogP contribution in [-0.4, -0.2) is 74.7 Å². The summed E-state index contributed by atoms with van der Waals surface area (Å²) in [7, 11) is 3.10. The average molecular weight is 653 g/mol. The zero-order chi connectivity index (χ0) is 33.6. The van der Waals surface area contributed by atoms with Crippen molar-refractivity contribution in [1.29, 1.82) is 0 Å². The minimum absolute atomic E-state index is 0.264. The molecule has 48 heavy (non-hydrogen) atoms. The lowest BCUT2D eigenvalue weighted by Gasteiger charge is -2.39. The standard InChI is InChI=1S/C37H40N4O7/c1-25(26-9-5-4-6-10-26)39-18-20-40(21-19-39)31-12-7-11-29-34(31)36(43)41(35(29)42)30(27-14-15-32(45-2)33(23-27)46-3)13-8-17-38-37(44)48-28-16-22-47-24-28/h4-7,9-12,14-16,22-25,30H,8,13,17-21H2,1-3H3,(H,38,44)/t25-,30-/m1/s1. The molecule has 2 aliphatic rings. The Kier molecular flexibility index (Phi) is 9.96. The van der Waals surface area contributed by atoms with Crippen molar-refractivity contribution >= 4 is 23.6 Å². The van der Waals surface area contributed by atoms with E-state index in [1.807, 2.05) is 24.3 Å². The van der Waals surface area contributed by atoms with E-state index in [1.165, 1.54) is 29.1 Å². The first-order chi connectivity index (χ1) is 23.4. The molecule has 1 N–H and O–H groups in total. The van der Waals surface area contributed by atoms with Crippen LogP contribution < -0.4 is 24.4 Å². The molecule has 2 atom stereocenters. The van der Waals surface area contributed by atoms with E-state index in [4.69, 9.17) is 18.6 Å². The largest absolute Gasteiger partial charge is 0.493 e. The molecule has 0 aliphatic carbocycles. The van der Waals surface area contributed by atoms with Gasteiger partial charge in [-0.1, -0.05) is 42.5 Å². The van der Waals surface area contributed by atoms with Crippen LogP contribution in [0, 0.1) is 0 Å². The Morgan fingerprint density at radius 1 is 0.875 bits per heavy atom. The Balaban J connectivity index is 1.21. The summed E-state index contributed by atoms with van der Waals surface area (Å²) in [4.78, 5) is 46.7. The number of anilines is 1. The van der Waals surface area contributed by atoms with Crippen molar-refractivity contribution in [3.8, 4) is 17.2 Å². The predicted octanol–water partition coefficient (Wildman–Crippen LogP) is 6.09. The molecular formula is C37H40N4O7. The van der Waals surface area contributed by atoms with Gasteiger partial charge in [0.25, 0.3) is 11.8 Å². The van der Waals surface area contributed by atoms with Gasteiger partial charge in [0.2, 0.25) is 0 Å². The van der Waals surface area contributed by atoms with E-state index in [0.29, 0.717) is 46.8 Å². The quantitative estimate of drug-likeness (QED) is 0.144. The molecule has 11 nitrogen and oxygen atoms in total. The van der Waals surface area contributed by atoms with Crippen molar-refractivity contribution in [2.45, 2.75) is 31.8 Å². The van der Waals surface area contributed by atoms with Gasteiger partial charge in [-0.3, -0.25) is 19.4 Å². The van der Waals surface area contributed by atoms with Gasteiger partial charge in [0.05, 0.1) is 43.3 Å². The van der Waals surface area contributed by atoms with Crippen LogP contribution in [-0.2, 0) is 0 Å². The fourth-order valence-electron chi connectivity index (χ4n) is 6.57. The zero-order valence-electron chi connectivity index (χ0n) is 27.4. The molecule has 4 aromatic rings. The number of hydrogen-bond donors (Lipinski definition) is 1. The van der Waals surface area contributed by atoms with Crippen LogP contribution in [0.5, 0.6) is 17.2 Å². The first-order valence-corrected chi connectivity index (χ1v) is 16.1. The number of nitrogens with zero attached hydrogens (tertiary/aromatic N) is 3. The zero-order valence-corrected chi connectivity index (χ0v) is 27.4. The maximum atomic E-state index is 14.4. The highest BCUT2D eigenvalue weighted by molar-refractivity contribution is 6.24. The molecule has 250 valence electrons. The summed E-state index contributed by atoms with van der Waals surface area (Å²) in [6, 6.07) is 22.5. The van der Waals surface area contributed by atoms with Gasteiger partial charge in [-0.15, -0.1) is 0 Å². The lowest BCUT2D eigenvalue weighted by Crippen LogP contribution is -2.47. The van der Waals surface area contributed by atoms with Gasteiger partial charge in [0, 0.05) is 44.8 Å². The van der Waals surface area contributed by atoms with E-state index < -0.39 is 12.1 Å². The van der Waals surface area contributed by atoms with Gasteiger partial charge in [-0.25, -0.2) is 4.79 Å². The molecule has 0 bridgehead atoms. The van der Waals surface area contributed by atoms with E-state index in [9.17, 15) is 14.4 Å². The Morgan fingerprint density at radius 2 is 1.65 bits per heavy atom. The summed E-state index contributed by atoms with van der Waals surface area (Å²) in [5.74, 6) is 0.637. The maximum Gasteiger partial charge on any atom is 0.412 e. The van der Waals surface area contributed by atoms with Crippen LogP contribution >= 0.6 is 0 Å². The molecule has 0 spiro atoms. The van der Waals surface area contributed by atoms with Gasteiger partial charge < -0.3 is 28.8 Å². The van der Waals surface area contributed by atoms with E-state index in [1.54, 1.807) is 32.4 Å². The number of methoxy groups -OCH3 is 2. The number of fused-ring (bicyclic) bond motifs is 1. The number of carbonyl (C=O) groups excluding carboxylic acids is 3. The van der Waals surface area contributed by atoms with Crippen molar-refractivity contribution in [2.24, 2.45) is 0 Å². The molecule has 11 heteroatoms. The first-order valence-electron chi connectivity index (χ1n) is 16.1. The second-order valence-electron chi connectivity index (χ2n) is 11.8. The number of piperazine rings is 1. The number of imide groups is 1. The van der Waals surface area contributed by atoms with Gasteiger partial charge in [0.1, 0.15) is 6.26 Å². The summed E-state index contributed by atoms with van der Waals surface area (Å²) in [5, 5.41) is 2.73. The van der Waals surface area contributed by atoms with E-state index >= 15 is 0 Å². The lowest BCUT2D eigenvalue weighted by atomic mass is 9.99. The fraction of sp³-hybridized carbons (Fsp3) is 0.324. The number of carbonyl (C=O) groups is 3. The third-order valence-electron chi connectivity index (χ3n) is 9.14. The van der Waals surface area contributed by atoms with E-state index in [2.05, 4.69) is 46.3 Å². The van der Waals surface area contributed by atoms with Crippen LogP contribution in [0.15, 0.2) is 89.7 Å². The second kappa shape index (κ2) is 14.6. The van der Waals surface area contributed by atoms with Crippen LogP contribution in [0.3, 0.4) is 0 Å². The molecule has 2 aliphatic heterocycles. The van der Waals surface area contributed by atoms with Crippen molar-refractivity contribution in [1.82, 2.24) is 15.1 Å². The highest BCUT2D eigenvalue weighted by Crippen LogP contribution is 2.40. The highest BCUT2D eigenvalue weighted by Gasteiger charge is 2.43. The Hall–Kier alpha value is -5.29. The smallest absolute Gasteiger partial charge is 0.412 e. The molecular weight excluding hydrogens is 612 g/mol. The number of furan rings is 1. The van der Waals surface area contributed by atoms with Crippen LogP contribution in [0.4, 0.5) is 10.5 Å². The summed E-state index contributed by atoms with van der Waals surface area (Å²) in [6.07, 6.45) is 2.97. The highest BCUT2D eigenvalue weighted by atomic mass is 16.6. The number of nitrogens with one attached hydrogen (secondary N) is 1. The molecule has 3 heterocycles. The number of rotatable bonds is 12. The Bertz CT molecular complexity index is 1740. The summed E-state index contributed by atoms with van der Waals surface area (Å²) in [5.41, 5.74) is 3.58. The summed E-state index contributed by atoms with van der Waals surface area (Å²) >= 11 is 0. The molecule has 3 aromatic carbocycles. The monoisotopic (exact) mass is 652 g/mol. The number of hydrogen-bond acceptors (Lipinski definition) is 9. The third-order valence-corrected chi connectivity index (χ3v) is 9.14. The topological polar surface area (TPSA) is 114 Å². The minimum Gasteiger partial charge on any atom is -0.493 e. The number of ether oxygens (including phenoxy) is 3. The van der Waals surface area contributed by atoms with Crippen LogP contribution in [0.2, 0.25) is 0 Å². The molecule has 3 amide bonds. The van der Waals surface area contributed by atoms with Gasteiger partial charge in [0.15, 0.2) is 17.2 Å². The SMILES string of the molecule is COc1ccc([C@@H](CCCNC(=O)Oc2ccoc2)N2C(=O)c3cccc(N4CCN([C@H](C)c5ccccc5)CC4)c3C2=O)cc1OC. The molecule has 1 fully saturated rings. The van der Waals surface area contributed by atoms with Crippen molar-refractivity contribution < 1.29 is 33.0 Å². The molecule has 1 saturated heterocycles. The Morgan fingerprint density at radius 3 is 2.35 bits per heavy atom. The van der Waals surface area contributed by atoms with E-state index in [0.717, 1.165) is 31.9 Å². The van der Waals surface area contributed by atoms with Gasteiger partial charge in [-0.2, -0.15) is 0 Å². The normalized spacial score (nSPS) is 16.0. The predicted molar refractivity (Wildman–Crippen MR) is 180 cm³/mol. The Labute approximate surface area is 280 Å². The molecule has 0 saturated carbocycles. The molecule has 0 radical (unpaired) electrons. The fourth-order valence-corrected chi connectivity index (χ4v) is 6.57. The van der Waals surface area contributed by atoms with Crippen LogP contribution in [0.25, 0.3) is 0 Å². The maximum absolute atomic E-state index is 14.4. The average Bonchev–Trinajstić information content (AvgIpc) is 3.73. The van der Waals surface area contributed by atoms with Crippen LogP contribution in [0.1, 0.15) is 63.7 Å². The van der Waals surface area contributed by atoms with E-state index in [-0.39, 0.29) is 24.4 Å². The van der Waals surface area contributed by atoms with Crippen molar-refractivity contribution in [3.63, 3.8) is 0 Å². The van der Waals surface area contributed by atoms with Crippen molar-refractivity contribution in [3.05, 3.63) is 108 Å². The summed E-state index contributed by atoms with van der Waals surface area (Å²) in [6.45, 7) is 5.60. The third kappa shape index (κ3) is 6.72. The molecule has 1 aromatic heterocycles. The molecule has 0 unspecified atom stereocenters. The summed E-state index contributed by atoms with van der Waals surface area (Å²) < 4.78 is 21.1. The molecule has 6 rings (SSSR count). The first kappa shape index (κ1) is 32.6. The van der Waals surface area contributed by atoms with Gasteiger partial charge >= 0.3 is 6.09 Å². The second-order valence-corrected chi connectivity index (χ2v) is 11.8. The number of amides is 3. The minimum atomic E-state index is -0.625. The van der Waals surface area contributed by atoms with Gasteiger partial charge in [-0.05, 0) is 55.2 Å². The van der Waals surface area contributed by atoms with Crippen molar-refractivity contribution in [2.75, 3.05) is 51.8 Å². The lowest BCUT2D eigenvalue weighted by molar-refractivity contribution is 0.0571.